The van der Waals surface area contributed by atoms with Crippen molar-refractivity contribution in [2.75, 3.05) is 24.5 Å². The smallest absolute Gasteiger partial charge is 0.391 e. The molecule has 0 bridgehead atoms. The van der Waals surface area contributed by atoms with Crippen LogP contribution in [0.3, 0.4) is 0 Å². The highest BCUT2D eigenvalue weighted by atomic mass is 16.6. The number of amides is 1. The fourth-order valence-electron chi connectivity index (χ4n) is 3.96. The summed E-state index contributed by atoms with van der Waals surface area (Å²) in [6.45, 7) is 2.87. The molecule has 1 saturated heterocycles. The van der Waals surface area contributed by atoms with Crippen molar-refractivity contribution in [2.24, 2.45) is 0 Å². The van der Waals surface area contributed by atoms with E-state index in [-0.39, 0.29) is 0 Å². The van der Waals surface area contributed by atoms with E-state index in [0.717, 1.165) is 36.8 Å². The lowest BCUT2D eigenvalue weighted by molar-refractivity contribution is 0.198. The fourth-order valence-corrected chi connectivity index (χ4v) is 3.96. The van der Waals surface area contributed by atoms with Crippen molar-refractivity contribution >= 4 is 22.7 Å². The molecule has 2 aromatic carbocycles. The summed E-state index contributed by atoms with van der Waals surface area (Å²) in [6.07, 6.45) is 6.57. The van der Waals surface area contributed by atoms with Crippen molar-refractivity contribution in [1.82, 2.24) is 10.3 Å². The number of hydrogen-bond acceptors (Lipinski definition) is 4. The van der Waals surface area contributed by atoms with Gasteiger partial charge in [-0.15, -0.1) is 0 Å². The van der Waals surface area contributed by atoms with Crippen molar-refractivity contribution < 1.29 is 9.53 Å². The van der Waals surface area contributed by atoms with Crippen LogP contribution >= 0.6 is 0 Å². The number of nitrogens with one attached hydrogen (secondary N) is 1. The number of carbonyl (C=O) groups excluding carboxylic acids is 1. The molecule has 3 aromatic rings. The van der Waals surface area contributed by atoms with E-state index >= 15 is 0 Å². The molecule has 2 heterocycles. The van der Waals surface area contributed by atoms with Gasteiger partial charge in [-0.25, -0.2) is 9.78 Å². The third-order valence-electron chi connectivity index (χ3n) is 5.56. The molecule has 0 unspecified atom stereocenters. The van der Waals surface area contributed by atoms with Crippen molar-refractivity contribution in [3.05, 3.63) is 66.2 Å². The van der Waals surface area contributed by atoms with Crippen LogP contribution in [0.5, 0.6) is 5.88 Å². The summed E-state index contributed by atoms with van der Waals surface area (Å²) in [6, 6.07) is 20.2. The van der Waals surface area contributed by atoms with Gasteiger partial charge in [-0.2, -0.15) is 0 Å². The Morgan fingerprint density at radius 3 is 2.67 bits per heavy atom. The van der Waals surface area contributed by atoms with E-state index in [9.17, 15) is 4.79 Å². The highest BCUT2D eigenvalue weighted by molar-refractivity contribution is 5.79. The van der Waals surface area contributed by atoms with Gasteiger partial charge < -0.3 is 15.0 Å². The number of ether oxygens (including phenoxy) is 1. The Balaban J connectivity index is 1.23. The Morgan fingerprint density at radius 2 is 1.80 bits per heavy atom. The average molecular weight is 404 g/mol. The van der Waals surface area contributed by atoms with Crippen LogP contribution in [-0.4, -0.2) is 30.7 Å². The lowest BCUT2D eigenvalue weighted by atomic mass is 10.1. The summed E-state index contributed by atoms with van der Waals surface area (Å²) in [4.78, 5) is 18.9. The van der Waals surface area contributed by atoms with E-state index in [1.807, 2.05) is 30.3 Å². The highest BCUT2D eigenvalue weighted by Crippen LogP contribution is 2.21. The molecule has 0 atom stereocenters. The number of aryl methyl sites for hydroxylation is 1. The molecule has 0 aliphatic carbocycles. The zero-order valence-corrected chi connectivity index (χ0v) is 17.3. The number of para-hydroxylation sites is 1. The van der Waals surface area contributed by atoms with Crippen LogP contribution in [0.1, 0.15) is 37.7 Å². The summed E-state index contributed by atoms with van der Waals surface area (Å²) in [5, 5.41) is 3.85. The van der Waals surface area contributed by atoms with Crippen LogP contribution in [0, 0.1) is 0 Å². The molecule has 0 saturated carbocycles. The maximum atomic E-state index is 12.1. The van der Waals surface area contributed by atoms with Gasteiger partial charge in [-0.3, -0.25) is 0 Å². The number of fused-ring (bicyclic) bond motifs is 1. The lowest BCUT2D eigenvalue weighted by Gasteiger charge is -2.23. The Labute approximate surface area is 178 Å². The zero-order valence-electron chi connectivity index (χ0n) is 17.3. The van der Waals surface area contributed by atoms with Crippen molar-refractivity contribution in [3.8, 4) is 5.88 Å². The van der Waals surface area contributed by atoms with Crippen molar-refractivity contribution in [1.29, 1.82) is 0 Å². The lowest BCUT2D eigenvalue weighted by Crippen LogP contribution is -2.28. The van der Waals surface area contributed by atoms with Crippen LogP contribution in [0.4, 0.5) is 10.5 Å². The molecule has 156 valence electrons. The highest BCUT2D eigenvalue weighted by Gasteiger charge is 2.10. The minimum absolute atomic E-state index is 0.316. The Kier molecular flexibility index (Phi) is 6.80. The maximum absolute atomic E-state index is 12.1. The number of nitrogens with zero attached hydrogens (tertiary/aromatic N) is 2. The SMILES string of the molecule is O=C(NCCCc1cccc(N2CCCCCC2)c1)Oc1ccc2ccccc2n1. The molecule has 1 amide bonds. The van der Waals surface area contributed by atoms with Gasteiger partial charge in [0.1, 0.15) is 0 Å². The van der Waals surface area contributed by atoms with Crippen molar-refractivity contribution in [2.45, 2.75) is 38.5 Å². The van der Waals surface area contributed by atoms with Gasteiger partial charge in [0.2, 0.25) is 5.88 Å². The molecule has 1 aliphatic rings. The summed E-state index contributed by atoms with van der Waals surface area (Å²) >= 11 is 0. The first kappa shape index (κ1) is 20.2. The van der Waals surface area contributed by atoms with Gasteiger partial charge >= 0.3 is 6.09 Å². The van der Waals surface area contributed by atoms with Gasteiger partial charge in [0.05, 0.1) is 5.52 Å². The predicted octanol–water partition coefficient (Wildman–Crippen LogP) is 5.34. The normalized spacial score (nSPS) is 14.3. The van der Waals surface area contributed by atoms with Crippen LogP contribution in [0.2, 0.25) is 0 Å². The summed E-state index contributed by atoms with van der Waals surface area (Å²) in [5.41, 5.74) is 3.44. The molecular weight excluding hydrogens is 374 g/mol. The maximum Gasteiger partial charge on any atom is 0.413 e. The van der Waals surface area contributed by atoms with Crippen LogP contribution in [0.25, 0.3) is 10.9 Å². The first-order valence-corrected chi connectivity index (χ1v) is 10.9. The van der Waals surface area contributed by atoms with Gasteiger partial charge in [-0.05, 0) is 55.5 Å². The topological polar surface area (TPSA) is 54.5 Å². The number of rotatable bonds is 6. The molecule has 5 heteroatoms. The second-order valence-electron chi connectivity index (χ2n) is 7.83. The second kappa shape index (κ2) is 10.1. The van der Waals surface area contributed by atoms with E-state index in [1.54, 1.807) is 6.07 Å². The Bertz CT molecular complexity index is 981. The van der Waals surface area contributed by atoms with Gasteiger partial charge in [-0.1, -0.05) is 43.2 Å². The third kappa shape index (κ3) is 5.50. The standard InChI is InChI=1S/C25H29N3O2/c29-25(30-24-15-14-21-11-3-4-13-23(21)27-24)26-16-8-10-20-9-7-12-22(19-20)28-17-5-1-2-6-18-28/h3-4,7,9,11-15,19H,1-2,5-6,8,10,16-18H2,(H,26,29). The molecule has 4 rings (SSSR count). The first-order chi connectivity index (χ1) is 14.8. The Morgan fingerprint density at radius 1 is 0.967 bits per heavy atom. The van der Waals surface area contributed by atoms with E-state index in [1.165, 1.54) is 36.9 Å². The molecule has 0 radical (unpaired) electrons. The summed E-state index contributed by atoms with van der Waals surface area (Å²) < 4.78 is 5.32. The van der Waals surface area contributed by atoms with Crippen LogP contribution in [-0.2, 0) is 6.42 Å². The minimum Gasteiger partial charge on any atom is -0.391 e. The van der Waals surface area contributed by atoms with E-state index in [0.29, 0.717) is 12.4 Å². The molecule has 1 aliphatic heterocycles. The summed E-state index contributed by atoms with van der Waals surface area (Å²) in [7, 11) is 0. The number of carbonyl (C=O) groups is 1. The molecule has 30 heavy (non-hydrogen) atoms. The van der Waals surface area contributed by atoms with Crippen molar-refractivity contribution in [3.63, 3.8) is 0 Å². The molecule has 1 aromatic heterocycles. The van der Waals surface area contributed by atoms with E-state index in [2.05, 4.69) is 39.5 Å². The molecule has 1 fully saturated rings. The van der Waals surface area contributed by atoms with E-state index in [4.69, 9.17) is 4.74 Å². The zero-order chi connectivity index (χ0) is 20.6. The molecule has 1 N–H and O–H groups in total. The van der Waals surface area contributed by atoms with E-state index < -0.39 is 6.09 Å². The first-order valence-electron chi connectivity index (χ1n) is 10.9. The van der Waals surface area contributed by atoms with Gasteiger partial charge in [0, 0.05) is 36.8 Å². The number of aromatic nitrogens is 1. The summed E-state index contributed by atoms with van der Waals surface area (Å²) in [5.74, 6) is 0.316. The average Bonchev–Trinajstić information content (AvgIpc) is 3.07. The fraction of sp³-hybridized carbons (Fsp3) is 0.360. The van der Waals surface area contributed by atoms with Crippen LogP contribution in [0.15, 0.2) is 60.7 Å². The monoisotopic (exact) mass is 403 g/mol. The largest absolute Gasteiger partial charge is 0.413 e. The van der Waals surface area contributed by atoms with Crippen LogP contribution < -0.4 is 15.0 Å². The number of anilines is 1. The second-order valence-corrected chi connectivity index (χ2v) is 7.83. The number of pyridine rings is 1. The quantitative estimate of drug-likeness (QED) is 0.565. The van der Waals surface area contributed by atoms with Gasteiger partial charge in [0.25, 0.3) is 0 Å². The molecular formula is C25H29N3O2. The predicted molar refractivity (Wildman–Crippen MR) is 121 cm³/mol. The minimum atomic E-state index is -0.462. The van der Waals surface area contributed by atoms with Gasteiger partial charge in [0.15, 0.2) is 0 Å². The third-order valence-corrected chi connectivity index (χ3v) is 5.56. The number of benzene rings is 2. The molecule has 0 spiro atoms. The number of hydrogen-bond donors (Lipinski definition) is 1. The Hall–Kier alpha value is -3.08. The molecule has 5 nitrogen and oxygen atoms in total.